The van der Waals surface area contributed by atoms with E-state index < -0.39 is 89.6 Å². The second-order valence-corrected chi connectivity index (χ2v) is 19.2. The summed E-state index contributed by atoms with van der Waals surface area (Å²) in [5.41, 5.74) is 1.65. The molecule has 0 saturated carbocycles. The Balaban J connectivity index is 1.71. The number of hydrogen-bond donors (Lipinski definition) is 3. The summed E-state index contributed by atoms with van der Waals surface area (Å²) in [6.07, 6.45) is 8.72. The van der Waals surface area contributed by atoms with Crippen molar-refractivity contribution in [1.29, 1.82) is 0 Å². The SMILES string of the molecule is CCO[C@H]1C[C@@H]2CC[C@@H](C)[C@@](O)(O2)C(=O)C(=O)N2CCCC[C@H]2C(=O)O[C@H]([C@H](C)Cc2ccc(O)c(OC)c2)CC(=O)[C@H](C)CC(C)[C@@H](O)[C@@H](OC)C(=O)[C@H](C)C[C@H](C)/C=C/C=C/C=C/1C. The van der Waals surface area contributed by atoms with Gasteiger partial charge < -0.3 is 43.9 Å². The fourth-order valence-corrected chi connectivity index (χ4v) is 9.59. The normalized spacial score (nSPS) is 35.5. The molecule has 2 bridgehead atoms. The maximum absolute atomic E-state index is 14.4. The highest BCUT2D eigenvalue weighted by Gasteiger charge is 2.53. The van der Waals surface area contributed by atoms with E-state index in [1.54, 1.807) is 32.9 Å². The minimum atomic E-state index is -2.44. The summed E-state index contributed by atoms with van der Waals surface area (Å²) in [5.74, 6) is -8.38. The van der Waals surface area contributed by atoms with Gasteiger partial charge in [0.05, 0.1) is 25.4 Å². The molecule has 3 N–H and O–H groups in total. The number of methoxy groups -OCH3 is 2. The van der Waals surface area contributed by atoms with Crippen LogP contribution in [0.1, 0.15) is 119 Å². The molecule has 0 spiro atoms. The van der Waals surface area contributed by atoms with E-state index >= 15 is 0 Å². The van der Waals surface area contributed by atoms with Gasteiger partial charge in [-0.2, -0.15) is 0 Å². The molecule has 1 aromatic carbocycles. The van der Waals surface area contributed by atoms with Gasteiger partial charge in [-0.05, 0) is 106 Å². The summed E-state index contributed by atoms with van der Waals surface area (Å²) in [6.45, 7) is 15.1. The molecular weight excluding hydrogens is 847 g/mol. The van der Waals surface area contributed by atoms with E-state index in [2.05, 4.69) is 0 Å². The summed E-state index contributed by atoms with van der Waals surface area (Å²) in [4.78, 5) is 71.9. The molecule has 1 unspecified atom stereocenters. The molecule has 2 fully saturated rings. The number of carbonyl (C=O) groups is 5. The zero-order valence-electron chi connectivity index (χ0n) is 40.9. The number of nitrogens with zero attached hydrogens (tertiary/aromatic N) is 1. The third kappa shape index (κ3) is 14.2. The summed E-state index contributed by atoms with van der Waals surface area (Å²) in [7, 11) is 2.83. The number of Topliss-reactive ketones (excluding diaryl/α,β-unsaturated/α-hetero) is 3. The summed E-state index contributed by atoms with van der Waals surface area (Å²) >= 11 is 0. The van der Waals surface area contributed by atoms with Gasteiger partial charge in [0.1, 0.15) is 24.0 Å². The van der Waals surface area contributed by atoms with E-state index in [1.165, 1.54) is 25.2 Å². The zero-order chi connectivity index (χ0) is 48.9. The van der Waals surface area contributed by atoms with Crippen molar-refractivity contribution in [2.45, 2.75) is 162 Å². The molecule has 0 aromatic heterocycles. The smallest absolute Gasteiger partial charge is 0.329 e. The van der Waals surface area contributed by atoms with E-state index in [-0.39, 0.29) is 54.8 Å². The maximum Gasteiger partial charge on any atom is 0.329 e. The van der Waals surface area contributed by atoms with Gasteiger partial charge in [-0.3, -0.25) is 19.2 Å². The van der Waals surface area contributed by atoms with Crippen LogP contribution >= 0.6 is 0 Å². The lowest BCUT2D eigenvalue weighted by molar-refractivity contribution is -0.266. The zero-order valence-corrected chi connectivity index (χ0v) is 40.9. The molecule has 4 rings (SSSR count). The minimum absolute atomic E-state index is 0.0241. The first-order chi connectivity index (χ1) is 31.2. The van der Waals surface area contributed by atoms with Gasteiger partial charge >= 0.3 is 5.97 Å². The number of aliphatic hydroxyl groups is 2. The number of carbonyl (C=O) groups excluding carboxylic acids is 5. The van der Waals surface area contributed by atoms with Crippen molar-refractivity contribution >= 4 is 29.2 Å². The van der Waals surface area contributed by atoms with Crippen LogP contribution in [-0.2, 0) is 49.3 Å². The van der Waals surface area contributed by atoms with Crippen LogP contribution in [-0.4, -0.2) is 119 Å². The molecule has 2 saturated heterocycles. The highest BCUT2D eigenvalue weighted by molar-refractivity contribution is 6.39. The molecule has 3 heterocycles. The predicted molar refractivity (Wildman–Crippen MR) is 249 cm³/mol. The minimum Gasteiger partial charge on any atom is -0.504 e. The lowest BCUT2D eigenvalue weighted by atomic mass is 9.82. The van der Waals surface area contributed by atoms with Crippen LogP contribution < -0.4 is 4.74 Å². The first-order valence-corrected chi connectivity index (χ1v) is 24.0. The second kappa shape index (κ2) is 25.2. The van der Waals surface area contributed by atoms with Gasteiger partial charge in [0.2, 0.25) is 5.79 Å². The van der Waals surface area contributed by atoms with Crippen LogP contribution in [0.4, 0.5) is 0 Å². The molecule has 3 aliphatic heterocycles. The molecular formula is C52H77NO13. The molecule has 1 amide bonds. The van der Waals surface area contributed by atoms with Crippen molar-refractivity contribution in [3.8, 4) is 11.5 Å². The lowest BCUT2D eigenvalue weighted by Crippen LogP contribution is -2.61. The van der Waals surface area contributed by atoms with Crippen molar-refractivity contribution in [2.24, 2.45) is 35.5 Å². The van der Waals surface area contributed by atoms with Crippen molar-refractivity contribution in [3.05, 3.63) is 59.7 Å². The summed E-state index contributed by atoms with van der Waals surface area (Å²) < 4.78 is 29.5. The summed E-state index contributed by atoms with van der Waals surface area (Å²) in [5, 5.41) is 33.7. The number of phenols is 1. The number of benzene rings is 1. The molecule has 14 nitrogen and oxygen atoms in total. The van der Waals surface area contributed by atoms with Gasteiger partial charge in [-0.25, -0.2) is 4.79 Å². The van der Waals surface area contributed by atoms with Crippen LogP contribution in [0.5, 0.6) is 11.5 Å². The number of fused-ring (bicyclic) bond motifs is 3. The quantitative estimate of drug-likeness (QED) is 0.186. The maximum atomic E-state index is 14.4. The Morgan fingerprint density at radius 2 is 1.65 bits per heavy atom. The number of ketones is 3. The Morgan fingerprint density at radius 1 is 0.924 bits per heavy atom. The number of hydrogen-bond acceptors (Lipinski definition) is 13. The number of aromatic hydroxyl groups is 1. The van der Waals surface area contributed by atoms with Crippen molar-refractivity contribution in [3.63, 3.8) is 0 Å². The lowest BCUT2D eigenvalue weighted by Gasteiger charge is -2.42. The predicted octanol–water partition coefficient (Wildman–Crippen LogP) is 7.04. The first-order valence-electron chi connectivity index (χ1n) is 24.0. The molecule has 13 atom stereocenters. The fraction of sp³-hybridized carbons (Fsp3) is 0.673. The van der Waals surface area contributed by atoms with Gasteiger partial charge in [-0.15, -0.1) is 0 Å². The molecule has 3 aliphatic rings. The van der Waals surface area contributed by atoms with E-state index in [9.17, 15) is 39.3 Å². The van der Waals surface area contributed by atoms with Gasteiger partial charge in [-0.1, -0.05) is 78.0 Å². The van der Waals surface area contributed by atoms with Crippen molar-refractivity contribution in [1.82, 2.24) is 4.90 Å². The Morgan fingerprint density at radius 3 is 2.33 bits per heavy atom. The third-order valence-electron chi connectivity index (χ3n) is 13.9. The number of ether oxygens (including phenoxy) is 5. The summed E-state index contributed by atoms with van der Waals surface area (Å²) in [6, 6.07) is 3.72. The van der Waals surface area contributed by atoms with E-state index in [0.29, 0.717) is 51.6 Å². The third-order valence-corrected chi connectivity index (χ3v) is 13.9. The number of amides is 1. The Labute approximate surface area is 392 Å². The highest BCUT2D eigenvalue weighted by atomic mass is 16.6. The van der Waals surface area contributed by atoms with Gasteiger partial charge in [0.25, 0.3) is 11.7 Å². The fourth-order valence-electron chi connectivity index (χ4n) is 9.59. The number of esters is 1. The van der Waals surface area contributed by atoms with Crippen molar-refractivity contribution < 1.29 is 63.0 Å². The molecule has 14 heteroatoms. The first kappa shape index (κ1) is 54.4. The molecule has 368 valence electrons. The number of aliphatic hydroxyl groups excluding tert-OH is 1. The molecule has 1 aromatic rings. The highest BCUT2D eigenvalue weighted by Crippen LogP contribution is 2.37. The second-order valence-electron chi connectivity index (χ2n) is 19.2. The standard InChI is InChI=1S/C52H77NO13/c1-11-64-43-29-39-22-20-37(8)52(61,66-39)49(58)50(59)53-24-16-15-19-40(53)51(60)65-44(34(5)27-38-21-23-41(54)45(28-38)62-9)30-42(55)33(4)26-36(7)47(57)48(63-10)46(56)35(6)25-31(2)17-13-12-14-18-32(43)3/h12-14,17-18,21,23,28,31,33-37,39-40,43-44,47-48,54,57,61H,11,15-16,19-20,22,24-27,29-30H2,1-10H3/b14-12+,17-13+,32-18+/t31-,33-,34-,35-,36?,37-,39+,40+,43+,44+,47-,48+,52-/m1/s1. The van der Waals surface area contributed by atoms with Crippen LogP contribution in [0, 0.1) is 35.5 Å². The van der Waals surface area contributed by atoms with Crippen LogP contribution in [0.15, 0.2) is 54.2 Å². The molecule has 66 heavy (non-hydrogen) atoms. The van der Waals surface area contributed by atoms with Crippen LogP contribution in [0.25, 0.3) is 0 Å². The van der Waals surface area contributed by atoms with Gasteiger partial charge in [0, 0.05) is 50.9 Å². The largest absolute Gasteiger partial charge is 0.504 e. The number of phenolic OH excluding ortho intramolecular Hbond substituents is 1. The van der Waals surface area contributed by atoms with Crippen LogP contribution in [0.3, 0.4) is 0 Å². The van der Waals surface area contributed by atoms with E-state index in [4.69, 9.17) is 23.7 Å². The number of rotatable bonds is 7. The van der Waals surface area contributed by atoms with E-state index in [0.717, 1.165) is 11.1 Å². The number of allylic oxidation sites excluding steroid dienone is 5. The number of cyclic esters (lactones) is 1. The Hall–Kier alpha value is -4.21. The molecule has 0 aliphatic carbocycles. The number of piperidine rings is 1. The molecule has 0 radical (unpaired) electrons. The average Bonchev–Trinajstić information content (AvgIpc) is 3.29. The van der Waals surface area contributed by atoms with Gasteiger partial charge in [0.15, 0.2) is 17.3 Å². The van der Waals surface area contributed by atoms with Crippen LogP contribution in [0.2, 0.25) is 0 Å². The van der Waals surface area contributed by atoms with E-state index in [1.807, 2.05) is 65.0 Å². The average molecular weight is 924 g/mol. The topological polar surface area (TPSA) is 195 Å². The Bertz CT molecular complexity index is 1910. The Kier molecular flexibility index (Phi) is 20.8. The monoisotopic (exact) mass is 924 g/mol. The van der Waals surface area contributed by atoms with Crippen molar-refractivity contribution in [2.75, 3.05) is 27.4 Å².